The van der Waals surface area contributed by atoms with Crippen molar-refractivity contribution < 1.29 is 4.74 Å². The van der Waals surface area contributed by atoms with E-state index in [0.717, 1.165) is 26.1 Å². The summed E-state index contributed by atoms with van der Waals surface area (Å²) in [5, 5.41) is 3.25. The lowest BCUT2D eigenvalue weighted by atomic mass is 10.1. The molecule has 0 aliphatic carbocycles. The van der Waals surface area contributed by atoms with E-state index in [4.69, 9.17) is 10.5 Å². The standard InChI is InChI=1S/C9H14N4O/c10-7-5-11-9(12-6-7)13-8-1-3-14-4-2-8/h5-6,8H,1-4,10H2,(H,11,12,13). The number of ether oxygens (including phenoxy) is 1. The highest BCUT2D eigenvalue weighted by atomic mass is 16.5. The van der Waals surface area contributed by atoms with E-state index in [1.807, 2.05) is 0 Å². The van der Waals surface area contributed by atoms with Gasteiger partial charge in [0.25, 0.3) is 0 Å². The highest BCUT2D eigenvalue weighted by molar-refractivity contribution is 5.36. The van der Waals surface area contributed by atoms with Crippen LogP contribution in [0.15, 0.2) is 12.4 Å². The lowest BCUT2D eigenvalue weighted by Gasteiger charge is -2.22. The van der Waals surface area contributed by atoms with Crippen LogP contribution in [-0.4, -0.2) is 29.2 Å². The third-order valence-electron chi connectivity index (χ3n) is 2.23. The van der Waals surface area contributed by atoms with Gasteiger partial charge in [-0.2, -0.15) is 0 Å². The first-order chi connectivity index (χ1) is 6.84. The molecule has 1 aliphatic rings. The van der Waals surface area contributed by atoms with E-state index in [-0.39, 0.29) is 0 Å². The third kappa shape index (κ3) is 2.32. The number of nitrogens with one attached hydrogen (secondary N) is 1. The molecule has 2 rings (SSSR count). The van der Waals surface area contributed by atoms with Gasteiger partial charge in [-0.15, -0.1) is 0 Å². The number of nitrogens with two attached hydrogens (primary N) is 1. The molecule has 0 unspecified atom stereocenters. The summed E-state index contributed by atoms with van der Waals surface area (Å²) >= 11 is 0. The Kier molecular flexibility index (Phi) is 2.78. The summed E-state index contributed by atoms with van der Waals surface area (Å²) in [7, 11) is 0. The van der Waals surface area contributed by atoms with Crippen molar-refractivity contribution in [3.8, 4) is 0 Å². The Balaban J connectivity index is 1.92. The Hall–Kier alpha value is -1.36. The molecule has 0 aromatic carbocycles. The molecule has 0 radical (unpaired) electrons. The third-order valence-corrected chi connectivity index (χ3v) is 2.23. The number of rotatable bonds is 2. The van der Waals surface area contributed by atoms with Crippen molar-refractivity contribution in [3.05, 3.63) is 12.4 Å². The van der Waals surface area contributed by atoms with Crippen LogP contribution in [0.3, 0.4) is 0 Å². The first kappa shape index (κ1) is 9.21. The van der Waals surface area contributed by atoms with Crippen molar-refractivity contribution in [2.75, 3.05) is 24.3 Å². The largest absolute Gasteiger partial charge is 0.396 e. The first-order valence-corrected chi connectivity index (χ1v) is 4.76. The fourth-order valence-corrected chi connectivity index (χ4v) is 1.44. The Morgan fingerprint density at radius 1 is 1.29 bits per heavy atom. The maximum Gasteiger partial charge on any atom is 0.222 e. The predicted octanol–water partition coefficient (Wildman–Crippen LogP) is 0.650. The zero-order chi connectivity index (χ0) is 9.80. The van der Waals surface area contributed by atoms with E-state index >= 15 is 0 Å². The zero-order valence-electron chi connectivity index (χ0n) is 7.94. The summed E-state index contributed by atoms with van der Waals surface area (Å²) in [4.78, 5) is 8.17. The van der Waals surface area contributed by atoms with Crippen LogP contribution in [-0.2, 0) is 4.74 Å². The van der Waals surface area contributed by atoms with Crippen molar-refractivity contribution in [1.29, 1.82) is 0 Å². The minimum Gasteiger partial charge on any atom is -0.396 e. The normalized spacial score (nSPS) is 18.0. The molecule has 2 heterocycles. The molecule has 1 aliphatic heterocycles. The van der Waals surface area contributed by atoms with Gasteiger partial charge in [-0.1, -0.05) is 0 Å². The molecule has 1 aromatic rings. The number of nitrogen functional groups attached to an aromatic ring is 1. The van der Waals surface area contributed by atoms with Crippen molar-refractivity contribution in [2.24, 2.45) is 0 Å². The molecule has 0 atom stereocenters. The van der Waals surface area contributed by atoms with E-state index < -0.39 is 0 Å². The van der Waals surface area contributed by atoms with Gasteiger partial charge in [-0.3, -0.25) is 0 Å². The maximum atomic E-state index is 5.49. The molecule has 14 heavy (non-hydrogen) atoms. The minimum atomic E-state index is 0.423. The van der Waals surface area contributed by atoms with Gasteiger partial charge in [-0.05, 0) is 12.8 Å². The molecule has 0 bridgehead atoms. The smallest absolute Gasteiger partial charge is 0.222 e. The number of hydrogen-bond acceptors (Lipinski definition) is 5. The van der Waals surface area contributed by atoms with Gasteiger partial charge in [0, 0.05) is 19.3 Å². The molecular weight excluding hydrogens is 180 g/mol. The van der Waals surface area contributed by atoms with Gasteiger partial charge in [0.05, 0.1) is 18.1 Å². The minimum absolute atomic E-state index is 0.423. The molecule has 5 nitrogen and oxygen atoms in total. The van der Waals surface area contributed by atoms with Gasteiger partial charge in [0.15, 0.2) is 0 Å². The second-order valence-electron chi connectivity index (χ2n) is 3.37. The zero-order valence-corrected chi connectivity index (χ0v) is 7.94. The highest BCUT2D eigenvalue weighted by Gasteiger charge is 2.13. The van der Waals surface area contributed by atoms with Crippen molar-refractivity contribution in [3.63, 3.8) is 0 Å². The Morgan fingerprint density at radius 2 is 1.93 bits per heavy atom. The SMILES string of the molecule is Nc1cnc(NC2CCOCC2)nc1. The van der Waals surface area contributed by atoms with E-state index in [9.17, 15) is 0 Å². The van der Waals surface area contributed by atoms with Crippen LogP contribution in [0.4, 0.5) is 11.6 Å². The predicted molar refractivity (Wildman–Crippen MR) is 53.9 cm³/mol. The fourth-order valence-electron chi connectivity index (χ4n) is 1.44. The highest BCUT2D eigenvalue weighted by Crippen LogP contribution is 2.11. The molecule has 3 N–H and O–H groups in total. The molecule has 0 saturated carbocycles. The van der Waals surface area contributed by atoms with Crippen molar-refractivity contribution >= 4 is 11.6 Å². The number of anilines is 2. The average molecular weight is 194 g/mol. The summed E-state index contributed by atoms with van der Waals surface area (Å²) < 4.78 is 5.26. The van der Waals surface area contributed by atoms with E-state index in [1.54, 1.807) is 12.4 Å². The van der Waals surface area contributed by atoms with Crippen LogP contribution < -0.4 is 11.1 Å². The van der Waals surface area contributed by atoms with E-state index in [0.29, 0.717) is 17.7 Å². The number of aromatic nitrogens is 2. The Bertz CT molecular complexity index is 281. The fraction of sp³-hybridized carbons (Fsp3) is 0.556. The van der Waals surface area contributed by atoms with Gasteiger partial charge in [-0.25, -0.2) is 9.97 Å². The molecule has 0 spiro atoms. The van der Waals surface area contributed by atoms with Crippen LogP contribution in [0.25, 0.3) is 0 Å². The summed E-state index contributed by atoms with van der Waals surface area (Å²) in [6.07, 6.45) is 5.23. The number of nitrogens with zero attached hydrogens (tertiary/aromatic N) is 2. The lowest BCUT2D eigenvalue weighted by molar-refractivity contribution is 0.0903. The topological polar surface area (TPSA) is 73.1 Å². The van der Waals surface area contributed by atoms with Gasteiger partial charge < -0.3 is 15.8 Å². The Labute approximate surface area is 82.7 Å². The molecule has 0 amide bonds. The summed E-state index contributed by atoms with van der Waals surface area (Å²) in [6, 6.07) is 0.423. The van der Waals surface area contributed by atoms with Gasteiger partial charge >= 0.3 is 0 Å². The Morgan fingerprint density at radius 3 is 2.57 bits per heavy atom. The molecule has 1 aromatic heterocycles. The van der Waals surface area contributed by atoms with Crippen molar-refractivity contribution in [1.82, 2.24) is 9.97 Å². The summed E-state index contributed by atoms with van der Waals surface area (Å²) in [6.45, 7) is 1.62. The maximum absolute atomic E-state index is 5.49. The van der Waals surface area contributed by atoms with Crippen LogP contribution >= 0.6 is 0 Å². The van der Waals surface area contributed by atoms with Gasteiger partial charge in [0.2, 0.25) is 5.95 Å². The van der Waals surface area contributed by atoms with E-state index in [2.05, 4.69) is 15.3 Å². The molecule has 5 heteroatoms. The monoisotopic (exact) mass is 194 g/mol. The second-order valence-corrected chi connectivity index (χ2v) is 3.37. The lowest BCUT2D eigenvalue weighted by Crippen LogP contribution is -2.28. The van der Waals surface area contributed by atoms with Crippen LogP contribution in [0.2, 0.25) is 0 Å². The molecular formula is C9H14N4O. The van der Waals surface area contributed by atoms with Crippen LogP contribution in [0.5, 0.6) is 0 Å². The quantitative estimate of drug-likeness (QED) is 0.723. The van der Waals surface area contributed by atoms with Crippen molar-refractivity contribution in [2.45, 2.75) is 18.9 Å². The second kappa shape index (κ2) is 4.23. The number of hydrogen-bond donors (Lipinski definition) is 2. The molecule has 76 valence electrons. The average Bonchev–Trinajstić information content (AvgIpc) is 2.23. The molecule has 1 saturated heterocycles. The van der Waals surface area contributed by atoms with Crippen LogP contribution in [0.1, 0.15) is 12.8 Å². The first-order valence-electron chi connectivity index (χ1n) is 4.76. The summed E-state index contributed by atoms with van der Waals surface area (Å²) in [5.41, 5.74) is 6.07. The van der Waals surface area contributed by atoms with Gasteiger partial charge in [0.1, 0.15) is 0 Å². The molecule has 1 fully saturated rings. The summed E-state index contributed by atoms with van der Waals surface area (Å²) in [5.74, 6) is 0.645. The van der Waals surface area contributed by atoms with E-state index in [1.165, 1.54) is 0 Å². The van der Waals surface area contributed by atoms with Crippen LogP contribution in [0, 0.1) is 0 Å².